The van der Waals surface area contributed by atoms with Gasteiger partial charge in [0.15, 0.2) is 0 Å². The van der Waals surface area contributed by atoms with Crippen LogP contribution in [0.4, 0.5) is 14.5 Å². The Kier molecular flexibility index (Phi) is 4.14. The summed E-state index contributed by atoms with van der Waals surface area (Å²) in [6, 6.07) is 9.10. The zero-order valence-corrected chi connectivity index (χ0v) is 10.7. The molecule has 0 spiro atoms. The van der Waals surface area contributed by atoms with E-state index in [1.165, 1.54) is 24.3 Å². The van der Waals surface area contributed by atoms with E-state index in [0.717, 1.165) is 12.1 Å². The zero-order chi connectivity index (χ0) is 15.4. The third-order valence-corrected chi connectivity index (χ3v) is 2.85. The van der Waals surface area contributed by atoms with Crippen LogP contribution in [0.3, 0.4) is 0 Å². The van der Waals surface area contributed by atoms with Gasteiger partial charge in [-0.1, -0.05) is 6.07 Å². The summed E-state index contributed by atoms with van der Waals surface area (Å²) in [7, 11) is 0. The third-order valence-electron chi connectivity index (χ3n) is 2.85. The number of nitriles is 1. The Bertz CT molecular complexity index is 739. The number of carboxylic acid groups (broad SMARTS) is 1. The molecule has 0 radical (unpaired) electrons. The van der Waals surface area contributed by atoms with Gasteiger partial charge in [-0.2, -0.15) is 5.26 Å². The van der Waals surface area contributed by atoms with Crippen LogP contribution in [0, 0.1) is 23.0 Å². The minimum atomic E-state index is -1.26. The maximum Gasteiger partial charge on any atom is 0.337 e. The molecule has 0 saturated carbocycles. The lowest BCUT2D eigenvalue weighted by Crippen LogP contribution is -2.07. The normalized spacial score (nSPS) is 9.95. The second kappa shape index (κ2) is 6.01. The molecule has 2 aromatic rings. The highest BCUT2D eigenvalue weighted by atomic mass is 19.1. The Labute approximate surface area is 119 Å². The lowest BCUT2D eigenvalue weighted by Gasteiger charge is -2.10. The molecule has 6 heteroatoms. The molecule has 0 atom stereocenters. The summed E-state index contributed by atoms with van der Waals surface area (Å²) < 4.78 is 26.2. The van der Waals surface area contributed by atoms with E-state index in [1.807, 2.05) is 0 Å². The molecule has 21 heavy (non-hydrogen) atoms. The first-order valence-electron chi connectivity index (χ1n) is 5.96. The Hall–Kier alpha value is -2.94. The number of aromatic carboxylic acids is 1. The van der Waals surface area contributed by atoms with Gasteiger partial charge in [0, 0.05) is 12.2 Å². The molecule has 2 aromatic carbocycles. The smallest absolute Gasteiger partial charge is 0.337 e. The van der Waals surface area contributed by atoms with E-state index >= 15 is 0 Å². The van der Waals surface area contributed by atoms with E-state index in [9.17, 15) is 13.6 Å². The van der Waals surface area contributed by atoms with Crippen molar-refractivity contribution in [2.75, 3.05) is 5.32 Å². The zero-order valence-electron chi connectivity index (χ0n) is 10.7. The first-order chi connectivity index (χ1) is 10.0. The van der Waals surface area contributed by atoms with Crippen molar-refractivity contribution in [1.82, 2.24) is 0 Å². The summed E-state index contributed by atoms with van der Waals surface area (Å²) in [6.07, 6.45) is 0. The van der Waals surface area contributed by atoms with Gasteiger partial charge in [0.25, 0.3) is 0 Å². The fraction of sp³-hybridized carbons (Fsp3) is 0.0667. The third kappa shape index (κ3) is 3.34. The van der Waals surface area contributed by atoms with E-state index in [-0.39, 0.29) is 23.4 Å². The largest absolute Gasteiger partial charge is 0.478 e. The average molecular weight is 288 g/mol. The van der Waals surface area contributed by atoms with E-state index in [4.69, 9.17) is 10.4 Å². The second-order valence-electron chi connectivity index (χ2n) is 4.27. The first kappa shape index (κ1) is 14.5. The van der Waals surface area contributed by atoms with Gasteiger partial charge in [-0.3, -0.25) is 0 Å². The Morgan fingerprint density at radius 1 is 1.24 bits per heavy atom. The number of anilines is 1. The van der Waals surface area contributed by atoms with Crippen molar-refractivity contribution in [3.05, 3.63) is 64.7 Å². The van der Waals surface area contributed by atoms with Crippen molar-refractivity contribution in [3.8, 4) is 6.07 Å². The molecule has 2 N–H and O–H groups in total. The van der Waals surface area contributed by atoms with Gasteiger partial charge in [-0.25, -0.2) is 13.6 Å². The van der Waals surface area contributed by atoms with Crippen LogP contribution in [0.2, 0.25) is 0 Å². The Balaban J connectivity index is 2.21. The molecule has 0 aliphatic heterocycles. The number of carbonyl (C=O) groups is 1. The minimum absolute atomic E-state index is 0.0909. The van der Waals surface area contributed by atoms with Crippen LogP contribution in [0.15, 0.2) is 36.4 Å². The Morgan fingerprint density at radius 2 is 2.00 bits per heavy atom. The molecule has 0 fully saturated rings. The van der Waals surface area contributed by atoms with Gasteiger partial charge < -0.3 is 10.4 Å². The van der Waals surface area contributed by atoms with Gasteiger partial charge in [0.1, 0.15) is 17.7 Å². The summed E-state index contributed by atoms with van der Waals surface area (Å²) in [4.78, 5) is 11.0. The number of halogens is 2. The molecule has 0 unspecified atom stereocenters. The number of hydrogen-bond acceptors (Lipinski definition) is 3. The van der Waals surface area contributed by atoms with Crippen molar-refractivity contribution < 1.29 is 18.7 Å². The Morgan fingerprint density at radius 3 is 2.67 bits per heavy atom. The molecule has 0 aliphatic rings. The summed E-state index contributed by atoms with van der Waals surface area (Å²) in [5.74, 6) is -2.52. The number of carboxylic acids is 1. The number of benzene rings is 2. The van der Waals surface area contributed by atoms with Crippen LogP contribution >= 0.6 is 0 Å². The average Bonchev–Trinajstić information content (AvgIpc) is 2.47. The quantitative estimate of drug-likeness (QED) is 0.906. The standard InChI is InChI=1S/C15H10F2N2O2/c16-11-2-4-14(12(6-11)15(20)21)19-8-9-1-3-13(17)10(5-9)7-18/h1-6,19H,8H2,(H,20,21). The second-order valence-corrected chi connectivity index (χ2v) is 4.27. The summed E-state index contributed by atoms with van der Waals surface area (Å²) in [5.41, 5.74) is 0.560. The molecule has 0 saturated heterocycles. The molecule has 0 aliphatic carbocycles. The maximum absolute atomic E-state index is 13.2. The highest BCUT2D eigenvalue weighted by Crippen LogP contribution is 2.18. The lowest BCUT2D eigenvalue weighted by molar-refractivity contribution is 0.0697. The van der Waals surface area contributed by atoms with Crippen LogP contribution in [-0.4, -0.2) is 11.1 Å². The van der Waals surface area contributed by atoms with Crippen LogP contribution in [0.1, 0.15) is 21.5 Å². The highest BCUT2D eigenvalue weighted by molar-refractivity contribution is 5.94. The van der Waals surface area contributed by atoms with Gasteiger partial charge in [-0.05, 0) is 35.9 Å². The molecule has 0 heterocycles. The molecular formula is C15H10F2N2O2. The summed E-state index contributed by atoms with van der Waals surface area (Å²) in [5, 5.41) is 20.6. The molecule has 106 valence electrons. The van der Waals surface area contributed by atoms with Crippen molar-refractivity contribution in [3.63, 3.8) is 0 Å². The fourth-order valence-electron chi connectivity index (χ4n) is 1.81. The number of hydrogen-bond donors (Lipinski definition) is 2. The maximum atomic E-state index is 13.2. The van der Waals surface area contributed by atoms with E-state index in [2.05, 4.69) is 5.32 Å². The predicted molar refractivity (Wildman–Crippen MR) is 71.8 cm³/mol. The van der Waals surface area contributed by atoms with Gasteiger partial charge in [-0.15, -0.1) is 0 Å². The van der Waals surface area contributed by atoms with Gasteiger partial charge >= 0.3 is 5.97 Å². The minimum Gasteiger partial charge on any atom is -0.478 e. The van der Waals surface area contributed by atoms with E-state index in [1.54, 1.807) is 6.07 Å². The monoisotopic (exact) mass is 288 g/mol. The molecule has 0 bridgehead atoms. The number of nitrogens with one attached hydrogen (secondary N) is 1. The number of rotatable bonds is 4. The first-order valence-corrected chi connectivity index (χ1v) is 5.96. The lowest BCUT2D eigenvalue weighted by atomic mass is 10.1. The molecule has 2 rings (SSSR count). The van der Waals surface area contributed by atoms with Gasteiger partial charge in [0.05, 0.1) is 11.1 Å². The summed E-state index contributed by atoms with van der Waals surface area (Å²) in [6.45, 7) is 0.181. The highest BCUT2D eigenvalue weighted by Gasteiger charge is 2.11. The van der Waals surface area contributed by atoms with E-state index in [0.29, 0.717) is 5.56 Å². The van der Waals surface area contributed by atoms with Crippen LogP contribution in [0.5, 0.6) is 0 Å². The molecule has 0 amide bonds. The van der Waals surface area contributed by atoms with Crippen molar-refractivity contribution in [1.29, 1.82) is 5.26 Å². The molecule has 0 aromatic heterocycles. The van der Waals surface area contributed by atoms with Crippen molar-refractivity contribution >= 4 is 11.7 Å². The van der Waals surface area contributed by atoms with Crippen LogP contribution in [-0.2, 0) is 6.54 Å². The molecule has 4 nitrogen and oxygen atoms in total. The predicted octanol–water partition coefficient (Wildman–Crippen LogP) is 3.15. The van der Waals surface area contributed by atoms with E-state index < -0.39 is 17.6 Å². The van der Waals surface area contributed by atoms with Crippen molar-refractivity contribution in [2.24, 2.45) is 0 Å². The SMILES string of the molecule is N#Cc1cc(CNc2ccc(F)cc2C(=O)O)ccc1F. The van der Waals surface area contributed by atoms with Crippen LogP contribution < -0.4 is 5.32 Å². The topological polar surface area (TPSA) is 73.1 Å². The molecular weight excluding hydrogens is 278 g/mol. The fourth-order valence-corrected chi connectivity index (χ4v) is 1.81. The summed E-state index contributed by atoms with van der Waals surface area (Å²) >= 11 is 0. The van der Waals surface area contributed by atoms with Crippen LogP contribution in [0.25, 0.3) is 0 Å². The van der Waals surface area contributed by atoms with Crippen molar-refractivity contribution in [2.45, 2.75) is 6.54 Å². The number of nitrogens with zero attached hydrogens (tertiary/aromatic N) is 1. The van der Waals surface area contributed by atoms with Gasteiger partial charge in [0.2, 0.25) is 0 Å².